The molecule has 3 N–H and O–H groups in total. The van der Waals surface area contributed by atoms with Crippen molar-refractivity contribution in [2.45, 2.75) is 88.7 Å². The number of fused-ring (bicyclic) bond motifs is 2. The second kappa shape index (κ2) is 8.78. The molecular weight excluding hydrogens is 430 g/mol. The summed E-state index contributed by atoms with van der Waals surface area (Å²) >= 11 is 0. The van der Waals surface area contributed by atoms with Crippen molar-refractivity contribution in [1.29, 1.82) is 5.26 Å². The van der Waals surface area contributed by atoms with Gasteiger partial charge in [0, 0.05) is 6.42 Å². The van der Waals surface area contributed by atoms with E-state index in [1.165, 1.54) is 6.33 Å². The van der Waals surface area contributed by atoms with Gasteiger partial charge >= 0.3 is 6.16 Å². The first kappa shape index (κ1) is 23.2. The summed E-state index contributed by atoms with van der Waals surface area (Å²) in [7, 11) is 0. The van der Waals surface area contributed by atoms with Crippen molar-refractivity contribution >= 4 is 17.5 Å². The molecule has 0 bridgehead atoms. The summed E-state index contributed by atoms with van der Waals surface area (Å²) in [5, 5.41) is 23.8. The topological polar surface area (TPSA) is 154 Å². The van der Waals surface area contributed by atoms with Crippen LogP contribution in [0.3, 0.4) is 0 Å². The minimum absolute atomic E-state index is 0.0249. The van der Waals surface area contributed by atoms with E-state index in [1.807, 2.05) is 0 Å². The van der Waals surface area contributed by atoms with E-state index in [0.717, 1.165) is 19.3 Å². The normalized spacial score (nSPS) is 29.0. The lowest BCUT2D eigenvalue weighted by Crippen LogP contribution is -2.45. The molecule has 33 heavy (non-hydrogen) atoms. The summed E-state index contributed by atoms with van der Waals surface area (Å²) in [5.41, 5.74) is 5.74. The molecular formula is C22H29N5O6. The maximum atomic E-state index is 11.3. The van der Waals surface area contributed by atoms with Gasteiger partial charge in [-0.05, 0) is 38.8 Å². The number of rotatable bonds is 8. The van der Waals surface area contributed by atoms with E-state index in [-0.39, 0.29) is 6.42 Å². The molecule has 2 saturated heterocycles. The van der Waals surface area contributed by atoms with E-state index >= 15 is 0 Å². The molecule has 0 aromatic carbocycles. The van der Waals surface area contributed by atoms with Crippen LogP contribution in [0.5, 0.6) is 0 Å². The number of nitrogen functional groups attached to an aromatic ring is 1. The number of carbonyl (C=O) groups is 1. The molecule has 0 saturated carbocycles. The van der Waals surface area contributed by atoms with Gasteiger partial charge < -0.3 is 29.8 Å². The van der Waals surface area contributed by atoms with Gasteiger partial charge in [0.2, 0.25) is 0 Å². The predicted octanol–water partition coefficient (Wildman–Crippen LogP) is 3.20. The molecule has 0 radical (unpaired) electrons. The number of hydrogen-bond acceptors (Lipinski definition) is 9. The molecule has 4 rings (SSSR count). The van der Waals surface area contributed by atoms with Crippen molar-refractivity contribution in [1.82, 2.24) is 14.6 Å². The lowest BCUT2D eigenvalue weighted by atomic mass is 9.88. The summed E-state index contributed by atoms with van der Waals surface area (Å²) < 4.78 is 25.4. The molecule has 178 valence electrons. The summed E-state index contributed by atoms with van der Waals surface area (Å²) in [5.74, 6) is -0.640. The fourth-order valence-corrected chi connectivity index (χ4v) is 4.75. The van der Waals surface area contributed by atoms with Crippen molar-refractivity contribution < 1.29 is 28.8 Å². The van der Waals surface area contributed by atoms with Crippen LogP contribution >= 0.6 is 0 Å². The van der Waals surface area contributed by atoms with Crippen LogP contribution in [0.2, 0.25) is 0 Å². The first-order chi connectivity index (χ1) is 15.7. The standard InChI is InChI=1S/C22H29N5O6/c1-4-5-6-7-13(30-20(28)29)10-22(11-23)18-17(31-21(2,3)33-18)16(32-22)14-8-9-15-19(24)25-12-26-27(14)15/h8-9,12-13,16-18H,4-7,10H2,1-3H3,(H,28,29)(H2,24,25,26)/t13?,16-,17-,18-,22+/m0/s1. The van der Waals surface area contributed by atoms with Crippen molar-refractivity contribution in [3.05, 3.63) is 24.2 Å². The Morgan fingerprint density at radius 1 is 1.36 bits per heavy atom. The fraction of sp³-hybridized carbons (Fsp3) is 0.636. The SMILES string of the molecule is CCCCCC(C[C@]1(C#N)O[C@@H](c2ccc3c(N)ncnn23)[C@@H]2OC(C)(C)O[C@@H]21)OC(=O)O. The Bertz CT molecular complexity index is 1070. The van der Waals surface area contributed by atoms with Gasteiger partial charge in [0.1, 0.15) is 42.3 Å². The Balaban J connectivity index is 1.70. The number of ether oxygens (including phenoxy) is 4. The van der Waals surface area contributed by atoms with E-state index in [2.05, 4.69) is 23.1 Å². The summed E-state index contributed by atoms with van der Waals surface area (Å²) in [6.07, 6.45) is 0.359. The highest BCUT2D eigenvalue weighted by atomic mass is 16.8. The summed E-state index contributed by atoms with van der Waals surface area (Å²) in [6.45, 7) is 5.60. The first-order valence-electron chi connectivity index (χ1n) is 11.1. The summed E-state index contributed by atoms with van der Waals surface area (Å²) in [6, 6.07) is 5.84. The molecule has 11 nitrogen and oxygen atoms in total. The van der Waals surface area contributed by atoms with Gasteiger partial charge in [0.25, 0.3) is 0 Å². The molecule has 2 fully saturated rings. The Morgan fingerprint density at radius 3 is 2.85 bits per heavy atom. The van der Waals surface area contributed by atoms with Crippen molar-refractivity contribution in [3.8, 4) is 6.07 Å². The number of aromatic nitrogens is 3. The van der Waals surface area contributed by atoms with Gasteiger partial charge in [-0.2, -0.15) is 10.4 Å². The highest BCUT2D eigenvalue weighted by Gasteiger charge is 2.64. The third-order valence-corrected chi connectivity index (χ3v) is 6.14. The Morgan fingerprint density at radius 2 is 2.15 bits per heavy atom. The molecule has 2 aromatic heterocycles. The lowest BCUT2D eigenvalue weighted by molar-refractivity contribution is -0.204. The van der Waals surface area contributed by atoms with Crippen LogP contribution in [0.15, 0.2) is 18.5 Å². The molecule has 5 atom stereocenters. The molecule has 2 aromatic rings. The van der Waals surface area contributed by atoms with Crippen LogP contribution in [-0.2, 0) is 18.9 Å². The van der Waals surface area contributed by atoms with Crippen LogP contribution in [0.4, 0.5) is 10.6 Å². The average molecular weight is 460 g/mol. The second-order valence-electron chi connectivity index (χ2n) is 8.97. The third-order valence-electron chi connectivity index (χ3n) is 6.14. The smallest absolute Gasteiger partial charge is 0.450 e. The highest BCUT2D eigenvalue weighted by Crippen LogP contribution is 2.51. The van der Waals surface area contributed by atoms with E-state index < -0.39 is 42.0 Å². The first-order valence-corrected chi connectivity index (χ1v) is 11.1. The zero-order valence-electron chi connectivity index (χ0n) is 18.9. The van der Waals surface area contributed by atoms with Crippen LogP contribution in [-0.4, -0.2) is 55.6 Å². The number of anilines is 1. The van der Waals surface area contributed by atoms with Gasteiger partial charge in [0.05, 0.1) is 5.69 Å². The van der Waals surface area contributed by atoms with Gasteiger partial charge in [-0.15, -0.1) is 0 Å². The van der Waals surface area contributed by atoms with E-state index in [1.54, 1.807) is 30.5 Å². The zero-order valence-corrected chi connectivity index (χ0v) is 18.9. The summed E-state index contributed by atoms with van der Waals surface area (Å²) in [4.78, 5) is 15.3. The van der Waals surface area contributed by atoms with Crippen LogP contribution in [0.1, 0.15) is 64.7 Å². The largest absolute Gasteiger partial charge is 0.506 e. The van der Waals surface area contributed by atoms with E-state index in [9.17, 15) is 15.2 Å². The fourth-order valence-electron chi connectivity index (χ4n) is 4.75. The molecule has 1 unspecified atom stereocenters. The van der Waals surface area contributed by atoms with Crippen molar-refractivity contribution in [2.75, 3.05) is 5.73 Å². The van der Waals surface area contributed by atoms with Crippen LogP contribution in [0.25, 0.3) is 5.52 Å². The Hall–Kier alpha value is -2.94. The van der Waals surface area contributed by atoms with E-state index in [0.29, 0.717) is 23.4 Å². The maximum absolute atomic E-state index is 11.3. The van der Waals surface area contributed by atoms with Crippen molar-refractivity contribution in [2.24, 2.45) is 0 Å². The van der Waals surface area contributed by atoms with Gasteiger partial charge in [-0.1, -0.05) is 19.8 Å². The van der Waals surface area contributed by atoms with Crippen LogP contribution in [0, 0.1) is 11.3 Å². The molecule has 2 aliphatic rings. The molecule has 11 heteroatoms. The van der Waals surface area contributed by atoms with Gasteiger partial charge in [-0.3, -0.25) is 0 Å². The second-order valence-corrected chi connectivity index (χ2v) is 8.97. The predicted molar refractivity (Wildman–Crippen MR) is 115 cm³/mol. The molecule has 4 heterocycles. The number of nitrogens with two attached hydrogens (primary N) is 1. The lowest BCUT2D eigenvalue weighted by Gasteiger charge is -2.31. The van der Waals surface area contributed by atoms with Gasteiger partial charge in [0.15, 0.2) is 17.2 Å². The molecule has 0 aliphatic carbocycles. The van der Waals surface area contributed by atoms with E-state index in [4.69, 9.17) is 24.7 Å². The number of unbranched alkanes of at least 4 members (excludes halogenated alkanes) is 2. The minimum atomic E-state index is -1.47. The van der Waals surface area contributed by atoms with Crippen molar-refractivity contribution in [3.63, 3.8) is 0 Å². The number of nitrogens with zero attached hydrogens (tertiary/aromatic N) is 4. The monoisotopic (exact) mass is 459 g/mol. The average Bonchev–Trinajstić information content (AvgIpc) is 3.39. The molecule has 2 aliphatic heterocycles. The number of carboxylic acid groups (broad SMARTS) is 1. The Kier molecular flexibility index (Phi) is 6.18. The van der Waals surface area contributed by atoms with Crippen LogP contribution < -0.4 is 5.73 Å². The van der Waals surface area contributed by atoms with Gasteiger partial charge in [-0.25, -0.2) is 14.3 Å². The molecule has 0 amide bonds. The number of nitriles is 1. The molecule has 0 spiro atoms. The Labute approximate surface area is 191 Å². The zero-order chi connectivity index (χ0) is 23.8. The third kappa shape index (κ3) is 4.34. The highest BCUT2D eigenvalue weighted by molar-refractivity contribution is 5.65. The number of hydrogen-bond donors (Lipinski definition) is 2. The minimum Gasteiger partial charge on any atom is -0.450 e. The quantitative estimate of drug-likeness (QED) is 0.444. The maximum Gasteiger partial charge on any atom is 0.506 e.